The van der Waals surface area contributed by atoms with Crippen LogP contribution in [0.5, 0.6) is 0 Å². The molecular formula is C29H33ClN2O2S. The van der Waals surface area contributed by atoms with Crippen molar-refractivity contribution in [3.05, 3.63) is 107 Å². The molecule has 6 heteroatoms. The van der Waals surface area contributed by atoms with Crippen molar-refractivity contribution in [1.29, 1.82) is 0 Å². The monoisotopic (exact) mass is 508 g/mol. The van der Waals surface area contributed by atoms with Crippen LogP contribution in [0.3, 0.4) is 0 Å². The number of nitrogens with zero attached hydrogens (tertiary/aromatic N) is 1. The summed E-state index contributed by atoms with van der Waals surface area (Å²) in [5.41, 5.74) is 3.12. The fraction of sp³-hybridized carbons (Fsp3) is 0.310. The third-order valence-corrected chi connectivity index (χ3v) is 6.80. The minimum atomic E-state index is -0.614. The summed E-state index contributed by atoms with van der Waals surface area (Å²) in [4.78, 5) is 28.7. The van der Waals surface area contributed by atoms with Crippen LogP contribution in [-0.2, 0) is 28.3 Å². The van der Waals surface area contributed by atoms with Gasteiger partial charge in [0.2, 0.25) is 11.8 Å². The molecule has 0 saturated heterocycles. The van der Waals surface area contributed by atoms with Crippen LogP contribution in [0.2, 0.25) is 5.02 Å². The predicted molar refractivity (Wildman–Crippen MR) is 146 cm³/mol. The molecule has 2 amide bonds. The zero-order valence-electron chi connectivity index (χ0n) is 20.3. The van der Waals surface area contributed by atoms with Crippen molar-refractivity contribution in [2.45, 2.75) is 38.6 Å². The van der Waals surface area contributed by atoms with Crippen LogP contribution in [-0.4, -0.2) is 35.1 Å². The molecule has 1 atom stereocenters. The standard InChI is InChI=1S/C29H33ClN2O2S/c1-22(2)18-31-29(34)27(17-23-9-5-3-6-10-23)32(19-24-13-15-26(30)16-14-24)28(33)21-35-20-25-11-7-4-8-12-25/h3-16,22,27H,17-21H2,1-2H3,(H,31,34). The van der Waals surface area contributed by atoms with Crippen molar-refractivity contribution in [1.82, 2.24) is 10.2 Å². The fourth-order valence-electron chi connectivity index (χ4n) is 3.68. The molecule has 0 aliphatic heterocycles. The topological polar surface area (TPSA) is 49.4 Å². The second-order valence-corrected chi connectivity index (χ2v) is 10.4. The molecule has 35 heavy (non-hydrogen) atoms. The third kappa shape index (κ3) is 9.08. The van der Waals surface area contributed by atoms with E-state index in [4.69, 9.17) is 11.6 Å². The van der Waals surface area contributed by atoms with Gasteiger partial charge in [0, 0.05) is 30.3 Å². The van der Waals surface area contributed by atoms with Gasteiger partial charge < -0.3 is 10.2 Å². The van der Waals surface area contributed by atoms with E-state index in [1.54, 1.807) is 16.7 Å². The normalized spacial score (nSPS) is 11.8. The Morgan fingerprint density at radius 1 is 0.857 bits per heavy atom. The van der Waals surface area contributed by atoms with Crippen molar-refractivity contribution in [2.24, 2.45) is 5.92 Å². The maximum atomic E-state index is 13.6. The molecule has 184 valence electrons. The van der Waals surface area contributed by atoms with Crippen molar-refractivity contribution in [3.8, 4) is 0 Å². The Hall–Kier alpha value is -2.76. The SMILES string of the molecule is CC(C)CNC(=O)C(Cc1ccccc1)N(Cc1ccc(Cl)cc1)C(=O)CSCc1ccccc1. The number of carbonyl (C=O) groups is 2. The number of hydrogen-bond acceptors (Lipinski definition) is 3. The molecule has 0 fully saturated rings. The maximum Gasteiger partial charge on any atom is 0.243 e. The molecule has 0 radical (unpaired) electrons. The Labute approximate surface area is 218 Å². The maximum absolute atomic E-state index is 13.6. The van der Waals surface area contributed by atoms with Crippen LogP contribution in [0, 0.1) is 5.92 Å². The number of carbonyl (C=O) groups excluding carboxylic acids is 2. The van der Waals surface area contributed by atoms with E-state index in [0.29, 0.717) is 36.2 Å². The summed E-state index contributed by atoms with van der Waals surface area (Å²) >= 11 is 7.65. The molecule has 4 nitrogen and oxygen atoms in total. The molecule has 1 unspecified atom stereocenters. The summed E-state index contributed by atoms with van der Waals surface area (Å²) in [7, 11) is 0. The highest BCUT2D eigenvalue weighted by Crippen LogP contribution is 2.19. The van der Waals surface area contributed by atoms with Gasteiger partial charge in [0.15, 0.2) is 0 Å². The van der Waals surface area contributed by atoms with Gasteiger partial charge in [0.05, 0.1) is 5.75 Å². The van der Waals surface area contributed by atoms with Crippen LogP contribution >= 0.6 is 23.4 Å². The molecule has 0 saturated carbocycles. The van der Waals surface area contributed by atoms with Gasteiger partial charge >= 0.3 is 0 Å². The molecule has 3 aromatic rings. The third-order valence-electron chi connectivity index (χ3n) is 5.56. The van der Waals surface area contributed by atoms with Crippen LogP contribution in [0.1, 0.15) is 30.5 Å². The van der Waals surface area contributed by atoms with Crippen LogP contribution in [0.25, 0.3) is 0 Å². The smallest absolute Gasteiger partial charge is 0.243 e. The van der Waals surface area contributed by atoms with E-state index in [9.17, 15) is 9.59 Å². The second kappa shape index (κ2) is 14.0. The van der Waals surface area contributed by atoms with Gasteiger partial charge in [-0.1, -0.05) is 98.2 Å². The average molecular weight is 509 g/mol. The molecule has 0 aliphatic carbocycles. The second-order valence-electron chi connectivity index (χ2n) is 8.97. The Balaban J connectivity index is 1.83. The first kappa shape index (κ1) is 26.8. The van der Waals surface area contributed by atoms with Gasteiger partial charge in [0.1, 0.15) is 6.04 Å². The highest BCUT2D eigenvalue weighted by molar-refractivity contribution is 7.99. The predicted octanol–water partition coefficient (Wildman–Crippen LogP) is 5.99. The molecule has 3 rings (SSSR count). The van der Waals surface area contributed by atoms with Gasteiger partial charge in [-0.3, -0.25) is 9.59 Å². The van der Waals surface area contributed by atoms with Crippen LogP contribution in [0.15, 0.2) is 84.9 Å². The Morgan fingerprint density at radius 3 is 2.06 bits per heavy atom. The van der Waals surface area contributed by atoms with E-state index in [-0.39, 0.29) is 11.8 Å². The van der Waals surface area contributed by atoms with E-state index in [2.05, 4.69) is 31.3 Å². The van der Waals surface area contributed by atoms with Gasteiger partial charge in [0.25, 0.3) is 0 Å². The van der Waals surface area contributed by atoms with E-state index in [0.717, 1.165) is 16.9 Å². The zero-order chi connectivity index (χ0) is 25.0. The van der Waals surface area contributed by atoms with Gasteiger partial charge in [-0.2, -0.15) is 0 Å². The van der Waals surface area contributed by atoms with Crippen LogP contribution in [0.4, 0.5) is 0 Å². The largest absolute Gasteiger partial charge is 0.354 e. The minimum Gasteiger partial charge on any atom is -0.354 e. The lowest BCUT2D eigenvalue weighted by molar-refractivity contribution is -0.139. The van der Waals surface area contributed by atoms with Gasteiger partial charge in [-0.05, 0) is 34.7 Å². The van der Waals surface area contributed by atoms with E-state index >= 15 is 0 Å². The van der Waals surface area contributed by atoms with Gasteiger partial charge in [-0.15, -0.1) is 11.8 Å². The molecular weight excluding hydrogens is 476 g/mol. The highest BCUT2D eigenvalue weighted by atomic mass is 35.5. The van der Waals surface area contributed by atoms with Crippen molar-refractivity contribution in [2.75, 3.05) is 12.3 Å². The summed E-state index contributed by atoms with van der Waals surface area (Å²) < 4.78 is 0. The Bertz CT molecular complexity index is 1060. The van der Waals surface area contributed by atoms with Crippen molar-refractivity contribution < 1.29 is 9.59 Å². The molecule has 0 bridgehead atoms. The first-order valence-corrected chi connectivity index (χ1v) is 13.4. The lowest BCUT2D eigenvalue weighted by Crippen LogP contribution is -2.51. The highest BCUT2D eigenvalue weighted by Gasteiger charge is 2.30. The van der Waals surface area contributed by atoms with Crippen molar-refractivity contribution >= 4 is 35.2 Å². The van der Waals surface area contributed by atoms with Crippen molar-refractivity contribution in [3.63, 3.8) is 0 Å². The number of nitrogens with one attached hydrogen (secondary N) is 1. The quantitative estimate of drug-likeness (QED) is 0.327. The molecule has 0 aromatic heterocycles. The number of amides is 2. The number of thioether (sulfide) groups is 1. The summed E-state index contributed by atoms with van der Waals surface area (Å²) in [5, 5.41) is 3.69. The minimum absolute atomic E-state index is 0.0542. The summed E-state index contributed by atoms with van der Waals surface area (Å²) in [6.07, 6.45) is 0.452. The average Bonchev–Trinajstić information content (AvgIpc) is 2.87. The number of hydrogen-bond donors (Lipinski definition) is 1. The fourth-order valence-corrected chi connectivity index (χ4v) is 4.67. The zero-order valence-corrected chi connectivity index (χ0v) is 21.9. The van der Waals surface area contributed by atoms with Crippen LogP contribution < -0.4 is 5.32 Å². The number of rotatable bonds is 12. The van der Waals surface area contributed by atoms with E-state index in [1.165, 1.54) is 5.56 Å². The first-order valence-electron chi connectivity index (χ1n) is 11.9. The first-order chi connectivity index (χ1) is 16.9. The molecule has 0 heterocycles. The summed E-state index contributed by atoms with van der Waals surface area (Å²) in [6, 6.07) is 26.8. The molecule has 1 N–H and O–H groups in total. The lowest BCUT2D eigenvalue weighted by atomic mass is 10.0. The van der Waals surface area contributed by atoms with Gasteiger partial charge in [-0.25, -0.2) is 0 Å². The molecule has 3 aromatic carbocycles. The number of halogens is 1. The number of benzene rings is 3. The summed E-state index contributed by atoms with van der Waals surface area (Å²) in [6.45, 7) is 5.02. The van der Waals surface area contributed by atoms with E-state index in [1.807, 2.05) is 72.8 Å². The Morgan fingerprint density at radius 2 is 1.46 bits per heavy atom. The molecule has 0 aliphatic rings. The molecule has 0 spiro atoms. The Kier molecular flexibility index (Phi) is 10.7. The lowest BCUT2D eigenvalue weighted by Gasteiger charge is -2.32. The summed E-state index contributed by atoms with van der Waals surface area (Å²) in [5.74, 6) is 1.17. The van der Waals surface area contributed by atoms with E-state index < -0.39 is 6.04 Å².